The molecule has 0 unspecified atom stereocenters. The highest BCUT2D eigenvalue weighted by Gasteiger charge is 2.22. The molecule has 3 aromatic rings. The Morgan fingerprint density at radius 2 is 1.56 bits per heavy atom. The first-order valence-electron chi connectivity index (χ1n) is 10.7. The number of hydrogen-bond acceptors (Lipinski definition) is 5. The van der Waals surface area contributed by atoms with Crippen molar-refractivity contribution in [2.24, 2.45) is 0 Å². The molecule has 0 aliphatic heterocycles. The fraction of sp³-hybridized carbons (Fsp3) is 0.192. The third-order valence-electron chi connectivity index (χ3n) is 5.08. The Labute approximate surface area is 196 Å². The van der Waals surface area contributed by atoms with Crippen LogP contribution in [0, 0.1) is 5.82 Å². The number of nitrogens with one attached hydrogen (secondary N) is 2. The van der Waals surface area contributed by atoms with Gasteiger partial charge in [0.05, 0.1) is 18.2 Å². The van der Waals surface area contributed by atoms with Gasteiger partial charge >= 0.3 is 12.1 Å². The van der Waals surface area contributed by atoms with E-state index < -0.39 is 23.9 Å². The van der Waals surface area contributed by atoms with Crippen LogP contribution in [-0.4, -0.2) is 35.5 Å². The number of aromatic carboxylic acids is 1. The van der Waals surface area contributed by atoms with E-state index >= 15 is 0 Å². The van der Waals surface area contributed by atoms with Gasteiger partial charge in [-0.1, -0.05) is 60.7 Å². The number of carboxylic acid groups (broad SMARTS) is 1. The summed E-state index contributed by atoms with van der Waals surface area (Å²) in [5.74, 6) is -2.07. The van der Waals surface area contributed by atoms with Gasteiger partial charge in [0, 0.05) is 12.1 Å². The summed E-state index contributed by atoms with van der Waals surface area (Å²) in [6.07, 6.45) is -0.469. The van der Waals surface area contributed by atoms with Crippen LogP contribution in [0.1, 0.15) is 27.0 Å². The zero-order valence-electron chi connectivity index (χ0n) is 18.4. The quantitative estimate of drug-likeness (QED) is 0.400. The first kappa shape index (κ1) is 24.6. The van der Waals surface area contributed by atoms with Crippen LogP contribution < -0.4 is 10.6 Å². The zero-order valence-corrected chi connectivity index (χ0v) is 18.4. The number of hydrogen-bond donors (Lipinski definition) is 3. The van der Waals surface area contributed by atoms with Crippen LogP contribution in [0.25, 0.3) is 0 Å². The van der Waals surface area contributed by atoms with E-state index in [2.05, 4.69) is 10.6 Å². The molecule has 3 aromatic carbocycles. The Bertz CT molecular complexity index is 1120. The normalized spacial score (nSPS) is 11.4. The van der Waals surface area contributed by atoms with Gasteiger partial charge in [0.25, 0.3) is 0 Å². The van der Waals surface area contributed by atoms with Crippen molar-refractivity contribution in [2.45, 2.75) is 25.6 Å². The molecule has 7 nitrogen and oxygen atoms in total. The molecule has 0 aliphatic carbocycles. The van der Waals surface area contributed by atoms with Crippen molar-refractivity contribution >= 4 is 17.8 Å². The largest absolute Gasteiger partial charge is 0.478 e. The maximum absolute atomic E-state index is 14.0. The van der Waals surface area contributed by atoms with Crippen molar-refractivity contribution < 1.29 is 28.6 Å². The number of ketones is 1. The van der Waals surface area contributed by atoms with Crippen LogP contribution in [0.2, 0.25) is 0 Å². The van der Waals surface area contributed by atoms with Gasteiger partial charge in [-0.2, -0.15) is 0 Å². The minimum absolute atomic E-state index is 0.0464. The van der Waals surface area contributed by atoms with E-state index in [1.165, 1.54) is 12.1 Å². The van der Waals surface area contributed by atoms with E-state index in [1.807, 2.05) is 60.7 Å². The number of rotatable bonds is 11. The van der Waals surface area contributed by atoms with Gasteiger partial charge in [0.2, 0.25) is 0 Å². The van der Waals surface area contributed by atoms with E-state index in [4.69, 9.17) is 9.84 Å². The number of alkyl carbamates (subject to hydrolysis) is 1. The monoisotopic (exact) mass is 464 g/mol. The number of amides is 1. The minimum Gasteiger partial charge on any atom is -0.478 e. The van der Waals surface area contributed by atoms with Crippen molar-refractivity contribution in [1.82, 2.24) is 10.6 Å². The first-order valence-corrected chi connectivity index (χ1v) is 10.7. The lowest BCUT2D eigenvalue weighted by atomic mass is 10.0. The number of ether oxygens (including phenoxy) is 1. The summed E-state index contributed by atoms with van der Waals surface area (Å²) in [6, 6.07) is 21.0. The summed E-state index contributed by atoms with van der Waals surface area (Å²) in [5, 5.41) is 14.5. The van der Waals surface area contributed by atoms with Gasteiger partial charge in [-0.25, -0.2) is 14.0 Å². The molecule has 0 bridgehead atoms. The average molecular weight is 464 g/mol. The van der Waals surface area contributed by atoms with E-state index in [9.17, 15) is 18.8 Å². The van der Waals surface area contributed by atoms with Gasteiger partial charge in [-0.3, -0.25) is 4.79 Å². The molecular weight excluding hydrogens is 439 g/mol. The van der Waals surface area contributed by atoms with Crippen molar-refractivity contribution in [3.8, 4) is 0 Å². The summed E-state index contributed by atoms with van der Waals surface area (Å²) >= 11 is 0. The fourth-order valence-electron chi connectivity index (χ4n) is 3.29. The molecule has 0 heterocycles. The van der Waals surface area contributed by atoms with Crippen LogP contribution in [0.4, 0.5) is 9.18 Å². The summed E-state index contributed by atoms with van der Waals surface area (Å²) in [6.45, 7) is -0.140. The van der Waals surface area contributed by atoms with Crippen molar-refractivity contribution in [1.29, 1.82) is 0 Å². The summed E-state index contributed by atoms with van der Waals surface area (Å²) in [5.41, 5.74) is 1.75. The van der Waals surface area contributed by atoms with E-state index in [0.717, 1.165) is 17.2 Å². The van der Waals surface area contributed by atoms with Gasteiger partial charge in [-0.15, -0.1) is 0 Å². The lowest BCUT2D eigenvalue weighted by molar-refractivity contribution is -0.120. The molecule has 3 N–H and O–H groups in total. The number of carboxylic acids is 1. The van der Waals surface area contributed by atoms with Gasteiger partial charge < -0.3 is 20.5 Å². The van der Waals surface area contributed by atoms with Crippen LogP contribution in [-0.2, 0) is 29.1 Å². The predicted octanol–water partition coefficient (Wildman–Crippen LogP) is 3.72. The summed E-state index contributed by atoms with van der Waals surface area (Å²) in [4.78, 5) is 36.3. The Morgan fingerprint density at radius 1 is 0.912 bits per heavy atom. The average Bonchev–Trinajstić information content (AvgIpc) is 2.84. The molecule has 34 heavy (non-hydrogen) atoms. The Hall–Kier alpha value is -4.04. The van der Waals surface area contributed by atoms with Gasteiger partial charge in [0.1, 0.15) is 12.4 Å². The number of Topliss-reactive ketones (excluding diaryl/α,β-unsaturated/α-hetero) is 1. The topological polar surface area (TPSA) is 105 Å². The molecule has 0 spiro atoms. The first-order chi connectivity index (χ1) is 16.4. The molecule has 0 saturated heterocycles. The lowest BCUT2D eigenvalue weighted by Crippen LogP contribution is -2.46. The molecule has 0 aliphatic rings. The molecule has 176 valence electrons. The van der Waals surface area contributed by atoms with Crippen molar-refractivity contribution in [3.63, 3.8) is 0 Å². The number of carbonyl (C=O) groups excluding carboxylic acids is 2. The second-order valence-corrected chi connectivity index (χ2v) is 7.63. The molecular formula is C26H25FN2O5. The number of carbonyl (C=O) groups is 3. The molecule has 1 amide bonds. The van der Waals surface area contributed by atoms with Crippen LogP contribution in [0.5, 0.6) is 0 Å². The van der Waals surface area contributed by atoms with E-state index in [1.54, 1.807) is 0 Å². The summed E-state index contributed by atoms with van der Waals surface area (Å²) in [7, 11) is 0. The highest BCUT2D eigenvalue weighted by atomic mass is 19.1. The zero-order chi connectivity index (χ0) is 24.3. The third kappa shape index (κ3) is 7.53. The molecule has 8 heteroatoms. The van der Waals surface area contributed by atoms with Crippen molar-refractivity contribution in [3.05, 3.63) is 107 Å². The van der Waals surface area contributed by atoms with Gasteiger partial charge in [0.15, 0.2) is 5.78 Å². The highest BCUT2D eigenvalue weighted by Crippen LogP contribution is 2.11. The molecule has 0 radical (unpaired) electrons. The molecule has 0 fully saturated rings. The fourth-order valence-corrected chi connectivity index (χ4v) is 3.29. The third-order valence-corrected chi connectivity index (χ3v) is 5.08. The minimum atomic E-state index is -1.17. The second-order valence-electron chi connectivity index (χ2n) is 7.63. The standard InChI is InChI=1S/C26H25FN2O5/c27-22-12-11-20(25(31)32)14-21(22)15-28-16-24(30)23(13-18-7-3-1-4-8-18)29-26(33)34-17-19-9-5-2-6-10-19/h1-12,14,23,28H,13,15-17H2,(H,29,33)(H,31,32)/t23-/m1/s1. The Morgan fingerprint density at radius 3 is 2.21 bits per heavy atom. The number of halogens is 1. The lowest BCUT2D eigenvalue weighted by Gasteiger charge is -2.18. The predicted molar refractivity (Wildman–Crippen MR) is 124 cm³/mol. The SMILES string of the molecule is O=C(N[C@H](Cc1ccccc1)C(=O)CNCc1cc(C(=O)O)ccc1F)OCc1ccccc1. The Balaban J connectivity index is 1.60. The Kier molecular flexibility index (Phi) is 8.88. The molecule has 1 atom stereocenters. The van der Waals surface area contributed by atoms with Crippen LogP contribution >= 0.6 is 0 Å². The number of benzene rings is 3. The smallest absolute Gasteiger partial charge is 0.408 e. The highest BCUT2D eigenvalue weighted by molar-refractivity contribution is 5.89. The summed E-state index contributed by atoms with van der Waals surface area (Å²) < 4.78 is 19.3. The van der Waals surface area contributed by atoms with E-state index in [-0.39, 0.29) is 43.0 Å². The van der Waals surface area contributed by atoms with Crippen molar-refractivity contribution in [2.75, 3.05) is 6.54 Å². The van der Waals surface area contributed by atoms with Crippen LogP contribution in [0.3, 0.4) is 0 Å². The maximum atomic E-state index is 14.0. The molecule has 3 rings (SSSR count). The van der Waals surface area contributed by atoms with Gasteiger partial charge in [-0.05, 0) is 35.7 Å². The van der Waals surface area contributed by atoms with Crippen LogP contribution in [0.15, 0.2) is 78.9 Å². The second kappa shape index (κ2) is 12.3. The van der Waals surface area contributed by atoms with E-state index in [0.29, 0.717) is 0 Å². The maximum Gasteiger partial charge on any atom is 0.408 e. The molecule has 0 saturated carbocycles. The molecule has 0 aromatic heterocycles.